The van der Waals surface area contributed by atoms with Gasteiger partial charge in [0, 0.05) is 76.8 Å². The Morgan fingerprint density at radius 1 is 0.754 bits per heavy atom. The number of amides is 1. The predicted octanol–water partition coefficient (Wildman–Crippen LogP) is 3.68. The van der Waals surface area contributed by atoms with Crippen molar-refractivity contribution in [3.05, 3.63) is 115 Å². The zero-order chi connectivity index (χ0) is 44.9. The molecule has 0 radical (unpaired) electrons. The number of nitrogens with zero attached hydrogens (tertiary/aromatic N) is 4. The van der Waals surface area contributed by atoms with Gasteiger partial charge in [-0.3, -0.25) is 4.79 Å². The maximum absolute atomic E-state index is 13.4. The number of carboxylic acid groups (broad SMARTS) is 1. The van der Waals surface area contributed by atoms with Crippen LogP contribution in [0, 0.1) is 0 Å². The van der Waals surface area contributed by atoms with Gasteiger partial charge in [-0.05, 0) is 105 Å². The van der Waals surface area contributed by atoms with E-state index in [1.165, 1.54) is 39.4 Å². The molecule has 4 aromatic carbocycles. The lowest BCUT2D eigenvalue weighted by atomic mass is 9.81. The van der Waals surface area contributed by atoms with Gasteiger partial charge in [0.25, 0.3) is 5.91 Å². The number of hydrogen-bond acceptors (Lipinski definition) is 10. The molecule has 5 aliphatic heterocycles. The lowest BCUT2D eigenvalue weighted by Crippen LogP contribution is -2.45. The summed E-state index contributed by atoms with van der Waals surface area (Å²) in [7, 11) is 0. The molecule has 0 spiro atoms. The Hall–Kier alpha value is -6.29. The van der Waals surface area contributed by atoms with Gasteiger partial charge in [0.2, 0.25) is 5.36 Å². The van der Waals surface area contributed by atoms with E-state index in [0.717, 1.165) is 105 Å². The topological polar surface area (TPSA) is 196 Å². The number of aryl methyl sites for hydroxylation is 2. The van der Waals surface area contributed by atoms with Crippen molar-refractivity contribution in [3.63, 3.8) is 0 Å². The van der Waals surface area contributed by atoms with E-state index in [-0.39, 0.29) is 36.0 Å². The van der Waals surface area contributed by atoms with Gasteiger partial charge in [-0.25, -0.2) is 9.37 Å². The Bertz CT molecular complexity index is 2670. The molecule has 0 saturated carbocycles. The van der Waals surface area contributed by atoms with Crippen LogP contribution in [0.5, 0.6) is 17.2 Å². The first-order valence-electron chi connectivity index (χ1n) is 22.9. The zero-order valence-electron chi connectivity index (χ0n) is 37.1. The summed E-state index contributed by atoms with van der Waals surface area (Å²) in [4.78, 5) is 29.2. The highest BCUT2D eigenvalue weighted by Crippen LogP contribution is 2.49. The third-order valence-electron chi connectivity index (χ3n) is 12.7. The average Bonchev–Trinajstić information content (AvgIpc) is 3.32. The molecule has 0 atom stereocenters. The first-order chi connectivity index (χ1) is 31.7. The molecule has 0 aromatic heterocycles. The number of fused-ring (bicyclic) bond motifs is 4. The molecule has 1 amide bonds. The van der Waals surface area contributed by atoms with Crippen molar-refractivity contribution in [2.75, 3.05) is 83.9 Å². The van der Waals surface area contributed by atoms with E-state index in [4.69, 9.17) is 35.2 Å². The number of nitrogens with two attached hydrogens (primary N) is 2. The summed E-state index contributed by atoms with van der Waals surface area (Å²) in [5.41, 5.74) is 21.3. The van der Waals surface area contributed by atoms with E-state index in [1.54, 1.807) is 37.3 Å². The van der Waals surface area contributed by atoms with Crippen molar-refractivity contribution in [1.29, 1.82) is 0 Å². The number of benzene rings is 4. The molecule has 6 N–H and O–H groups in total. The van der Waals surface area contributed by atoms with Crippen LogP contribution >= 0.6 is 0 Å². The fourth-order valence-corrected chi connectivity index (χ4v) is 9.90. The minimum atomic E-state index is -1.08. The van der Waals surface area contributed by atoms with Crippen LogP contribution in [0.25, 0.3) is 5.57 Å². The predicted molar refractivity (Wildman–Crippen MR) is 248 cm³/mol. The van der Waals surface area contributed by atoms with E-state index >= 15 is 0 Å². The maximum atomic E-state index is 13.4. The summed E-state index contributed by atoms with van der Waals surface area (Å²) < 4.78 is 32.3. The summed E-state index contributed by atoms with van der Waals surface area (Å²) >= 11 is 0. The molecule has 65 heavy (non-hydrogen) atoms. The number of carbonyl (C=O) groups excluding carboxylic acids is 1. The third-order valence-corrected chi connectivity index (χ3v) is 12.7. The number of amidine groups is 2. The molecule has 0 bridgehead atoms. The van der Waals surface area contributed by atoms with E-state index in [0.29, 0.717) is 62.4 Å². The van der Waals surface area contributed by atoms with E-state index in [2.05, 4.69) is 37.1 Å². The van der Waals surface area contributed by atoms with Crippen LogP contribution in [0.3, 0.4) is 0 Å². The number of aromatic carboxylic acids is 1. The Morgan fingerprint density at radius 2 is 1.43 bits per heavy atom. The highest BCUT2D eigenvalue weighted by Gasteiger charge is 2.36. The summed E-state index contributed by atoms with van der Waals surface area (Å²) in [5.74, 6) is 1.54. The van der Waals surface area contributed by atoms with Crippen LogP contribution in [-0.2, 0) is 39.9 Å². The molecule has 0 fully saturated rings. The molecule has 0 saturated heterocycles. The summed E-state index contributed by atoms with van der Waals surface area (Å²) in [6, 6.07) is 16.8. The van der Waals surface area contributed by atoms with Gasteiger partial charge in [0.15, 0.2) is 5.84 Å². The number of rotatable bonds is 18. The molecule has 4 aromatic rings. The van der Waals surface area contributed by atoms with Gasteiger partial charge in [0.05, 0.1) is 50.8 Å². The zero-order valence-corrected chi connectivity index (χ0v) is 37.1. The first-order valence-corrected chi connectivity index (χ1v) is 22.9. The van der Waals surface area contributed by atoms with Crippen LogP contribution in [0.2, 0.25) is 0 Å². The number of nitrogens with one attached hydrogen (secondary N) is 1. The minimum absolute atomic E-state index is 0.0881. The van der Waals surface area contributed by atoms with Gasteiger partial charge < -0.3 is 50.5 Å². The molecule has 0 unspecified atom stereocenters. The largest absolute Gasteiger partial charge is 0.491 e. The molecule has 5 heterocycles. The maximum Gasteiger partial charge on any atom is 0.336 e. The second-order valence-corrected chi connectivity index (χ2v) is 17.1. The number of carbonyl (C=O) groups is 2. The minimum Gasteiger partial charge on any atom is -0.491 e. The number of ether oxygens (including phenoxy) is 5. The molecule has 340 valence electrons. The van der Waals surface area contributed by atoms with Crippen LogP contribution in [-0.4, -0.2) is 108 Å². The van der Waals surface area contributed by atoms with Crippen molar-refractivity contribution in [1.82, 2.24) is 9.89 Å². The fourth-order valence-electron chi connectivity index (χ4n) is 9.90. The molecule has 0 aliphatic carbocycles. The number of hydrogen-bond donors (Lipinski definition) is 4. The van der Waals surface area contributed by atoms with E-state index in [9.17, 15) is 14.7 Å². The first kappa shape index (κ1) is 43.9. The lowest BCUT2D eigenvalue weighted by Gasteiger charge is -2.39. The normalized spacial score (nSPS) is 16.2. The van der Waals surface area contributed by atoms with Crippen molar-refractivity contribution in [2.45, 2.75) is 58.3 Å². The van der Waals surface area contributed by atoms with Crippen LogP contribution in [0.15, 0.2) is 64.8 Å². The molecule has 9 rings (SSSR count). The Morgan fingerprint density at radius 3 is 2.18 bits per heavy atom. The summed E-state index contributed by atoms with van der Waals surface area (Å²) in [6.45, 7) is 8.61. The highest BCUT2D eigenvalue weighted by molar-refractivity contribution is 6.03. The third kappa shape index (κ3) is 9.44. The Labute approximate surface area is 378 Å². The smallest absolute Gasteiger partial charge is 0.336 e. The van der Waals surface area contributed by atoms with Gasteiger partial charge in [-0.2, -0.15) is 0 Å². The molecule has 15 heteroatoms. The second-order valence-electron chi connectivity index (χ2n) is 17.1. The second kappa shape index (κ2) is 19.8. The fraction of sp³-hybridized carbons (Fsp3) is 0.420. The van der Waals surface area contributed by atoms with Crippen molar-refractivity contribution >= 4 is 34.8 Å². The van der Waals surface area contributed by atoms with Gasteiger partial charge in [-0.1, -0.05) is 6.07 Å². The summed E-state index contributed by atoms with van der Waals surface area (Å²) in [6.07, 6.45) is 8.07. The van der Waals surface area contributed by atoms with E-state index in [1.807, 2.05) is 6.07 Å². The molecular weight excluding hydrogens is 827 g/mol. The monoisotopic (exact) mass is 884 g/mol. The summed E-state index contributed by atoms with van der Waals surface area (Å²) in [5, 5.41) is 23.6. The van der Waals surface area contributed by atoms with Crippen molar-refractivity contribution in [3.8, 4) is 17.2 Å². The standard InChI is InChI=1S/C50H57N7O8/c1-31(51)54-55-48(52)32-10-13-36(14-11-32)64-27-26-63-25-24-62-23-22-61-21-16-53-49(58)35-12-15-37(40(30-35)50(59)60)43-41-28-33-6-2-17-56-19-4-8-38(44(33)56)46(41)65-47-39-9-5-20-57-18-3-7-34(45(39)57)29-42(43)47/h10-15,28-30,51-53H,2-9,16-27H2,1H3,(H2,58,59,60)/p+1. The van der Waals surface area contributed by atoms with Crippen LogP contribution < -0.4 is 46.3 Å². The Kier molecular flexibility index (Phi) is 13.4. The molecule has 5 aliphatic rings. The van der Waals surface area contributed by atoms with Gasteiger partial charge >= 0.3 is 5.97 Å². The molecular formula is C50H58N7O8+. The van der Waals surface area contributed by atoms with Gasteiger partial charge in [-0.15, -0.1) is 10.2 Å². The SMILES string of the molecule is CC(N)=NN=C(N)c1ccc(OCCOCCOCCOCCNC(=O)c2ccc(C3=c4cc5c6c(c4Oc4c3cc3c7c4CCCN7CCC3)CCC[N+]=6CCC5)c(C(=O)O)c2)cc1. The molecule has 15 nitrogen and oxygen atoms in total. The van der Waals surface area contributed by atoms with Crippen molar-refractivity contribution < 1.29 is 38.4 Å². The highest BCUT2D eigenvalue weighted by atomic mass is 16.6. The Balaban J connectivity index is 0.806. The van der Waals surface area contributed by atoms with E-state index < -0.39 is 5.97 Å². The van der Waals surface area contributed by atoms with Crippen LogP contribution in [0.1, 0.15) is 92.3 Å². The number of anilines is 1. The number of carboxylic acids is 1. The quantitative estimate of drug-likeness (QED) is 0.0330. The van der Waals surface area contributed by atoms with Gasteiger partial charge in [0.1, 0.15) is 42.8 Å². The lowest BCUT2D eigenvalue weighted by molar-refractivity contribution is 0.00988. The van der Waals surface area contributed by atoms with Crippen molar-refractivity contribution in [2.24, 2.45) is 21.7 Å². The van der Waals surface area contributed by atoms with Crippen LogP contribution in [0.4, 0.5) is 5.69 Å². The average molecular weight is 885 g/mol.